The fourth-order valence-electron chi connectivity index (χ4n) is 2.31. The maximum absolute atomic E-state index is 12.4. The van der Waals surface area contributed by atoms with Gasteiger partial charge in [-0.3, -0.25) is 10.1 Å². The van der Waals surface area contributed by atoms with Crippen LogP contribution in [0.5, 0.6) is 11.5 Å². The first-order chi connectivity index (χ1) is 13.0. The van der Waals surface area contributed by atoms with E-state index in [2.05, 4.69) is 24.5 Å². The van der Waals surface area contributed by atoms with Gasteiger partial charge < -0.3 is 14.8 Å². The Kier molecular flexibility index (Phi) is 8.07. The summed E-state index contributed by atoms with van der Waals surface area (Å²) < 4.78 is 11.2. The summed E-state index contributed by atoms with van der Waals surface area (Å²) in [5.41, 5.74) is 1.24. The Morgan fingerprint density at radius 2 is 1.78 bits per heavy atom. The van der Waals surface area contributed by atoms with Crippen LogP contribution in [0.2, 0.25) is 0 Å². The molecule has 0 unspecified atom stereocenters. The van der Waals surface area contributed by atoms with Crippen molar-refractivity contribution in [2.24, 2.45) is 5.92 Å². The van der Waals surface area contributed by atoms with E-state index in [9.17, 15) is 4.79 Å². The lowest BCUT2D eigenvalue weighted by Gasteiger charge is -2.12. The van der Waals surface area contributed by atoms with Crippen molar-refractivity contribution in [3.63, 3.8) is 0 Å². The van der Waals surface area contributed by atoms with E-state index in [1.165, 1.54) is 0 Å². The molecular formula is C21H26N2O3S. The molecule has 2 rings (SSSR count). The van der Waals surface area contributed by atoms with E-state index in [-0.39, 0.29) is 11.0 Å². The Labute approximate surface area is 166 Å². The first kappa shape index (κ1) is 20.7. The molecule has 0 spiro atoms. The Balaban J connectivity index is 1.92. The summed E-state index contributed by atoms with van der Waals surface area (Å²) in [5, 5.41) is 5.90. The van der Waals surface area contributed by atoms with E-state index >= 15 is 0 Å². The first-order valence-corrected chi connectivity index (χ1v) is 9.46. The normalized spacial score (nSPS) is 10.4. The lowest BCUT2D eigenvalue weighted by molar-refractivity contribution is 0.0977. The zero-order valence-corrected chi connectivity index (χ0v) is 16.8. The zero-order valence-electron chi connectivity index (χ0n) is 16.0. The van der Waals surface area contributed by atoms with Crippen LogP contribution in [-0.2, 0) is 0 Å². The van der Waals surface area contributed by atoms with E-state index < -0.39 is 0 Å². The fourth-order valence-corrected chi connectivity index (χ4v) is 2.52. The summed E-state index contributed by atoms with van der Waals surface area (Å²) in [4.78, 5) is 12.4. The number of rotatable bonds is 8. The third-order valence-electron chi connectivity index (χ3n) is 3.69. The predicted octanol–water partition coefficient (Wildman–Crippen LogP) is 4.64. The van der Waals surface area contributed by atoms with Gasteiger partial charge in [0.25, 0.3) is 5.91 Å². The second-order valence-electron chi connectivity index (χ2n) is 6.43. The quantitative estimate of drug-likeness (QED) is 0.648. The molecule has 2 aromatic rings. The lowest BCUT2D eigenvalue weighted by atomic mass is 10.1. The molecule has 0 fully saturated rings. The van der Waals surface area contributed by atoms with Crippen LogP contribution in [0.25, 0.3) is 0 Å². The van der Waals surface area contributed by atoms with Crippen molar-refractivity contribution in [1.29, 1.82) is 0 Å². The van der Waals surface area contributed by atoms with Crippen LogP contribution in [0.15, 0.2) is 48.5 Å². The van der Waals surface area contributed by atoms with E-state index in [1.807, 2.05) is 37.3 Å². The molecule has 0 aliphatic rings. The molecular weight excluding hydrogens is 360 g/mol. The van der Waals surface area contributed by atoms with Crippen LogP contribution < -0.4 is 20.1 Å². The highest BCUT2D eigenvalue weighted by Gasteiger charge is 2.09. The Bertz CT molecular complexity index is 778. The Morgan fingerprint density at radius 1 is 1.07 bits per heavy atom. The number of hydrogen-bond acceptors (Lipinski definition) is 4. The molecule has 0 atom stereocenters. The third-order valence-corrected chi connectivity index (χ3v) is 3.89. The summed E-state index contributed by atoms with van der Waals surface area (Å²) in [6, 6.07) is 14.5. The molecule has 0 saturated heterocycles. The van der Waals surface area contributed by atoms with E-state index in [1.54, 1.807) is 18.2 Å². The summed E-state index contributed by atoms with van der Waals surface area (Å²) in [7, 11) is 0. The number of anilines is 1. The monoisotopic (exact) mass is 386 g/mol. The van der Waals surface area contributed by atoms with Gasteiger partial charge in [-0.1, -0.05) is 26.0 Å². The van der Waals surface area contributed by atoms with E-state index in [4.69, 9.17) is 21.7 Å². The molecule has 0 bridgehead atoms. The van der Waals surface area contributed by atoms with Crippen molar-refractivity contribution in [2.45, 2.75) is 27.2 Å². The summed E-state index contributed by atoms with van der Waals surface area (Å²) in [6.07, 6.45) is 0.964. The van der Waals surface area contributed by atoms with Crippen LogP contribution in [0, 0.1) is 5.92 Å². The lowest BCUT2D eigenvalue weighted by Crippen LogP contribution is -2.34. The van der Waals surface area contributed by atoms with Crippen molar-refractivity contribution in [1.82, 2.24) is 5.32 Å². The number of thiocarbonyl (C=S) groups is 1. The van der Waals surface area contributed by atoms with E-state index in [0.29, 0.717) is 30.4 Å². The minimum absolute atomic E-state index is 0.222. The van der Waals surface area contributed by atoms with Crippen molar-refractivity contribution in [3.05, 3.63) is 54.1 Å². The summed E-state index contributed by atoms with van der Waals surface area (Å²) >= 11 is 5.24. The van der Waals surface area contributed by atoms with Crippen molar-refractivity contribution < 1.29 is 14.3 Å². The SMILES string of the molecule is CCOc1cccc(NC(=S)NC(=O)c2cccc(OCCC(C)C)c2)c1. The van der Waals surface area contributed by atoms with Crippen LogP contribution in [-0.4, -0.2) is 24.2 Å². The van der Waals surface area contributed by atoms with Gasteiger partial charge in [0.2, 0.25) is 0 Å². The van der Waals surface area contributed by atoms with Crippen molar-refractivity contribution >= 4 is 28.9 Å². The average Bonchev–Trinajstić information content (AvgIpc) is 2.62. The number of amides is 1. The highest BCUT2D eigenvalue weighted by Crippen LogP contribution is 2.17. The van der Waals surface area contributed by atoms with Gasteiger partial charge in [-0.25, -0.2) is 0 Å². The summed E-state index contributed by atoms with van der Waals surface area (Å²) in [6.45, 7) is 7.42. The fraction of sp³-hybridized carbons (Fsp3) is 0.333. The topological polar surface area (TPSA) is 59.6 Å². The summed E-state index contributed by atoms with van der Waals surface area (Å²) in [5.74, 6) is 1.69. The molecule has 0 aliphatic carbocycles. The van der Waals surface area contributed by atoms with Gasteiger partial charge in [0.15, 0.2) is 5.11 Å². The maximum Gasteiger partial charge on any atom is 0.257 e. The highest BCUT2D eigenvalue weighted by atomic mass is 32.1. The van der Waals surface area contributed by atoms with Crippen LogP contribution in [0.4, 0.5) is 5.69 Å². The van der Waals surface area contributed by atoms with Gasteiger partial charge in [0.05, 0.1) is 13.2 Å². The molecule has 0 heterocycles. The van der Waals surface area contributed by atoms with Crippen molar-refractivity contribution in [2.75, 3.05) is 18.5 Å². The van der Waals surface area contributed by atoms with Crippen LogP contribution in [0.3, 0.4) is 0 Å². The number of hydrogen-bond donors (Lipinski definition) is 2. The first-order valence-electron chi connectivity index (χ1n) is 9.06. The molecule has 27 heavy (non-hydrogen) atoms. The molecule has 6 heteroatoms. The molecule has 2 aromatic carbocycles. The standard InChI is InChI=1S/C21H26N2O3S/c1-4-25-19-10-6-8-17(14-19)22-21(27)23-20(24)16-7-5-9-18(13-16)26-12-11-15(2)3/h5-10,13-15H,4,11-12H2,1-3H3,(H2,22,23,24,27). The number of carbonyl (C=O) groups is 1. The number of ether oxygens (including phenoxy) is 2. The van der Waals surface area contributed by atoms with Gasteiger partial charge in [-0.05, 0) is 61.8 Å². The molecule has 0 aromatic heterocycles. The third kappa shape index (κ3) is 7.27. The number of carbonyl (C=O) groups excluding carboxylic acids is 1. The molecule has 0 saturated carbocycles. The average molecular weight is 387 g/mol. The molecule has 2 N–H and O–H groups in total. The van der Waals surface area contributed by atoms with Gasteiger partial charge in [-0.2, -0.15) is 0 Å². The van der Waals surface area contributed by atoms with Gasteiger partial charge in [0, 0.05) is 17.3 Å². The molecule has 144 valence electrons. The molecule has 5 nitrogen and oxygen atoms in total. The molecule has 0 aliphatic heterocycles. The van der Waals surface area contributed by atoms with Gasteiger partial charge in [-0.15, -0.1) is 0 Å². The van der Waals surface area contributed by atoms with Crippen LogP contribution in [0.1, 0.15) is 37.6 Å². The largest absolute Gasteiger partial charge is 0.494 e. The number of nitrogens with one attached hydrogen (secondary N) is 2. The molecule has 0 radical (unpaired) electrons. The second-order valence-corrected chi connectivity index (χ2v) is 6.84. The minimum Gasteiger partial charge on any atom is -0.494 e. The van der Waals surface area contributed by atoms with Crippen molar-refractivity contribution in [3.8, 4) is 11.5 Å². The van der Waals surface area contributed by atoms with E-state index in [0.717, 1.165) is 17.9 Å². The van der Waals surface area contributed by atoms with Gasteiger partial charge in [0.1, 0.15) is 11.5 Å². The maximum atomic E-state index is 12.4. The van der Waals surface area contributed by atoms with Gasteiger partial charge >= 0.3 is 0 Å². The second kappa shape index (κ2) is 10.5. The zero-order chi connectivity index (χ0) is 19.6. The number of benzene rings is 2. The van der Waals surface area contributed by atoms with Crippen LogP contribution >= 0.6 is 12.2 Å². The predicted molar refractivity (Wildman–Crippen MR) is 113 cm³/mol. The highest BCUT2D eigenvalue weighted by molar-refractivity contribution is 7.80. The Morgan fingerprint density at radius 3 is 2.48 bits per heavy atom. The molecule has 1 amide bonds. The minimum atomic E-state index is -0.289. The Hall–Kier alpha value is -2.60. The smallest absolute Gasteiger partial charge is 0.257 e.